The number of benzene rings is 3. The highest BCUT2D eigenvalue weighted by atomic mass is 32.2. The fourth-order valence-electron chi connectivity index (χ4n) is 3.47. The van der Waals surface area contributed by atoms with Crippen LogP contribution in [0.5, 0.6) is 5.75 Å². The van der Waals surface area contributed by atoms with Crippen molar-refractivity contribution in [2.24, 2.45) is 0 Å². The van der Waals surface area contributed by atoms with Gasteiger partial charge in [0, 0.05) is 12.0 Å². The Morgan fingerprint density at radius 3 is 2.38 bits per heavy atom. The van der Waals surface area contributed by atoms with E-state index in [4.69, 9.17) is 8.92 Å². The molecule has 0 amide bonds. The number of ether oxygens (including phenoxy) is 1. The molecule has 150 valence electrons. The Morgan fingerprint density at radius 1 is 1.00 bits per heavy atom. The van der Waals surface area contributed by atoms with Gasteiger partial charge in [0.2, 0.25) is 0 Å². The lowest BCUT2D eigenvalue weighted by atomic mass is 9.98. The summed E-state index contributed by atoms with van der Waals surface area (Å²) in [6, 6.07) is 16.8. The highest BCUT2D eigenvalue weighted by Gasteiger charge is 2.28. The van der Waals surface area contributed by atoms with Crippen LogP contribution in [0.25, 0.3) is 11.1 Å². The summed E-state index contributed by atoms with van der Waals surface area (Å²) >= 11 is 0. The molecule has 4 rings (SSSR count). The van der Waals surface area contributed by atoms with Crippen molar-refractivity contribution < 1.29 is 21.7 Å². The van der Waals surface area contributed by atoms with E-state index < -0.39 is 16.2 Å². The maximum Gasteiger partial charge on any atom is 0.297 e. The van der Waals surface area contributed by atoms with E-state index in [0.717, 1.165) is 27.8 Å². The average molecular weight is 412 g/mol. The van der Waals surface area contributed by atoms with Crippen LogP contribution in [0, 0.1) is 19.7 Å². The molecular formula is C23H21FO4S. The third-order valence-corrected chi connectivity index (χ3v) is 6.21. The average Bonchev–Trinajstić information content (AvgIpc) is 3.10. The van der Waals surface area contributed by atoms with Crippen molar-refractivity contribution in [1.82, 2.24) is 0 Å². The molecule has 0 radical (unpaired) electrons. The zero-order valence-electron chi connectivity index (χ0n) is 16.2. The first kappa shape index (κ1) is 19.6. The number of halogens is 1. The van der Waals surface area contributed by atoms with Crippen LogP contribution in [-0.4, -0.2) is 21.1 Å². The van der Waals surface area contributed by atoms with Crippen molar-refractivity contribution in [1.29, 1.82) is 0 Å². The van der Waals surface area contributed by atoms with Gasteiger partial charge in [-0.05, 0) is 60.9 Å². The molecule has 1 aliphatic heterocycles. The fourth-order valence-corrected chi connectivity index (χ4v) is 4.40. The van der Waals surface area contributed by atoms with Gasteiger partial charge in [-0.15, -0.1) is 0 Å². The highest BCUT2D eigenvalue weighted by molar-refractivity contribution is 7.86. The molecule has 0 saturated heterocycles. The minimum absolute atomic E-state index is 0.0766. The maximum absolute atomic E-state index is 13.3. The molecular weight excluding hydrogens is 391 g/mol. The summed E-state index contributed by atoms with van der Waals surface area (Å²) in [4.78, 5) is 0.126. The van der Waals surface area contributed by atoms with Gasteiger partial charge in [-0.1, -0.05) is 35.9 Å². The number of rotatable bonds is 5. The largest absolute Gasteiger partial charge is 0.487 e. The molecule has 0 saturated carbocycles. The van der Waals surface area contributed by atoms with Crippen LogP contribution in [0.2, 0.25) is 0 Å². The molecule has 6 heteroatoms. The Labute approximate surface area is 170 Å². The van der Waals surface area contributed by atoms with E-state index in [2.05, 4.69) is 0 Å². The van der Waals surface area contributed by atoms with Crippen LogP contribution in [0.3, 0.4) is 0 Å². The Balaban J connectivity index is 1.52. The second-order valence-corrected chi connectivity index (χ2v) is 8.92. The summed E-state index contributed by atoms with van der Waals surface area (Å²) in [5, 5.41) is 0. The first-order valence-corrected chi connectivity index (χ1v) is 10.7. The molecule has 1 unspecified atom stereocenters. The minimum Gasteiger partial charge on any atom is -0.487 e. The molecule has 1 aliphatic rings. The molecule has 0 bridgehead atoms. The Kier molecular flexibility index (Phi) is 5.15. The van der Waals surface area contributed by atoms with Gasteiger partial charge < -0.3 is 4.74 Å². The molecule has 0 aliphatic carbocycles. The molecule has 0 spiro atoms. The second-order valence-electron chi connectivity index (χ2n) is 7.30. The van der Waals surface area contributed by atoms with E-state index in [-0.39, 0.29) is 17.3 Å². The smallest absolute Gasteiger partial charge is 0.297 e. The molecule has 0 N–H and O–H groups in total. The van der Waals surface area contributed by atoms with Crippen LogP contribution in [0.1, 0.15) is 16.7 Å². The summed E-state index contributed by atoms with van der Waals surface area (Å²) in [5.41, 5.74) is 4.73. The standard InChI is InChI=1S/C23H21FO4S/c1-15-3-9-21(10-4-15)29(25,26)27-14-20-13-18-11-16(2)12-22(23(18)28-20)17-5-7-19(24)8-6-17/h3-12,20H,13-14H2,1-2H3. The van der Waals surface area contributed by atoms with Crippen LogP contribution < -0.4 is 4.74 Å². The van der Waals surface area contributed by atoms with Crippen molar-refractivity contribution >= 4 is 10.1 Å². The lowest BCUT2D eigenvalue weighted by Crippen LogP contribution is -2.23. The molecule has 1 atom stereocenters. The minimum atomic E-state index is -3.85. The van der Waals surface area contributed by atoms with Gasteiger partial charge in [0.25, 0.3) is 10.1 Å². The predicted molar refractivity (Wildman–Crippen MR) is 109 cm³/mol. The Bertz CT molecular complexity index is 1140. The molecule has 3 aromatic carbocycles. The van der Waals surface area contributed by atoms with Gasteiger partial charge in [-0.3, -0.25) is 4.18 Å². The molecule has 1 heterocycles. The van der Waals surface area contributed by atoms with Crippen molar-refractivity contribution in [2.75, 3.05) is 6.61 Å². The Hall–Kier alpha value is -2.70. The van der Waals surface area contributed by atoms with Gasteiger partial charge in [0.1, 0.15) is 24.3 Å². The van der Waals surface area contributed by atoms with Gasteiger partial charge in [-0.25, -0.2) is 4.39 Å². The zero-order valence-corrected chi connectivity index (χ0v) is 17.0. The normalized spacial score (nSPS) is 15.8. The van der Waals surface area contributed by atoms with Gasteiger partial charge in [0.05, 0.1) is 4.90 Å². The topological polar surface area (TPSA) is 52.6 Å². The van der Waals surface area contributed by atoms with E-state index in [1.807, 2.05) is 26.0 Å². The monoisotopic (exact) mass is 412 g/mol. The molecule has 4 nitrogen and oxygen atoms in total. The van der Waals surface area contributed by atoms with Gasteiger partial charge in [0.15, 0.2) is 0 Å². The van der Waals surface area contributed by atoms with Crippen molar-refractivity contribution in [2.45, 2.75) is 31.3 Å². The van der Waals surface area contributed by atoms with Crippen LogP contribution >= 0.6 is 0 Å². The van der Waals surface area contributed by atoms with E-state index in [1.165, 1.54) is 24.3 Å². The maximum atomic E-state index is 13.3. The second kappa shape index (κ2) is 7.61. The number of hydrogen-bond donors (Lipinski definition) is 0. The van der Waals surface area contributed by atoms with E-state index in [9.17, 15) is 12.8 Å². The van der Waals surface area contributed by atoms with Crippen molar-refractivity contribution in [3.8, 4) is 16.9 Å². The Morgan fingerprint density at radius 2 is 1.69 bits per heavy atom. The SMILES string of the molecule is Cc1ccc(S(=O)(=O)OCC2Cc3cc(C)cc(-c4ccc(F)cc4)c3O2)cc1. The van der Waals surface area contributed by atoms with Gasteiger partial charge >= 0.3 is 0 Å². The number of fused-ring (bicyclic) bond motifs is 1. The molecule has 29 heavy (non-hydrogen) atoms. The van der Waals surface area contributed by atoms with Crippen molar-refractivity contribution in [3.63, 3.8) is 0 Å². The lowest BCUT2D eigenvalue weighted by Gasteiger charge is -2.14. The first-order chi connectivity index (χ1) is 13.8. The zero-order chi connectivity index (χ0) is 20.6. The van der Waals surface area contributed by atoms with Crippen LogP contribution in [-0.2, 0) is 20.7 Å². The van der Waals surface area contributed by atoms with Gasteiger partial charge in [-0.2, -0.15) is 8.42 Å². The number of hydrogen-bond acceptors (Lipinski definition) is 4. The number of aryl methyl sites for hydroxylation is 2. The summed E-state index contributed by atoms with van der Waals surface area (Å²) in [6.07, 6.45) is 0.139. The third kappa shape index (κ3) is 4.18. The summed E-state index contributed by atoms with van der Waals surface area (Å²) in [6.45, 7) is 3.80. The van der Waals surface area contributed by atoms with E-state index in [1.54, 1.807) is 24.3 Å². The van der Waals surface area contributed by atoms with Crippen molar-refractivity contribution in [3.05, 3.63) is 83.2 Å². The van der Waals surface area contributed by atoms with E-state index >= 15 is 0 Å². The van der Waals surface area contributed by atoms with Crippen LogP contribution in [0.15, 0.2) is 65.6 Å². The first-order valence-electron chi connectivity index (χ1n) is 9.34. The highest BCUT2D eigenvalue weighted by Crippen LogP contribution is 2.40. The molecule has 3 aromatic rings. The van der Waals surface area contributed by atoms with Crippen LogP contribution in [0.4, 0.5) is 4.39 Å². The third-order valence-electron chi connectivity index (χ3n) is 4.92. The fraction of sp³-hybridized carbons (Fsp3) is 0.217. The summed E-state index contributed by atoms with van der Waals surface area (Å²) < 4.78 is 49.5. The quantitative estimate of drug-likeness (QED) is 0.564. The summed E-state index contributed by atoms with van der Waals surface area (Å²) in [7, 11) is -3.85. The van der Waals surface area contributed by atoms with E-state index in [0.29, 0.717) is 12.2 Å². The predicted octanol–water partition coefficient (Wildman–Crippen LogP) is 4.82. The lowest BCUT2D eigenvalue weighted by molar-refractivity contribution is 0.152. The molecule has 0 fully saturated rings. The molecule has 0 aromatic heterocycles. The summed E-state index contributed by atoms with van der Waals surface area (Å²) in [5.74, 6) is 0.398.